The van der Waals surface area contributed by atoms with Crippen LogP contribution in [0.1, 0.15) is 6.92 Å². The van der Waals surface area contributed by atoms with Gasteiger partial charge in [0.2, 0.25) is 0 Å². The van der Waals surface area contributed by atoms with E-state index >= 15 is 0 Å². The van der Waals surface area contributed by atoms with E-state index in [0.717, 1.165) is 5.43 Å². The number of carbonyl (C=O) groups excluding carboxylic acids is 2. The maximum absolute atomic E-state index is 11.5. The zero-order valence-electron chi connectivity index (χ0n) is 6.41. The van der Waals surface area contributed by atoms with Gasteiger partial charge in [-0.15, -0.1) is 11.6 Å². The lowest BCUT2D eigenvalue weighted by atomic mass is 10.5. The van der Waals surface area contributed by atoms with Crippen LogP contribution in [0.4, 0.5) is 13.2 Å². The number of amides is 2. The first-order valence-corrected chi connectivity index (χ1v) is 3.50. The quantitative estimate of drug-likeness (QED) is 0.492. The predicted molar refractivity (Wildman–Crippen MR) is 37.7 cm³/mol. The molecule has 0 aliphatic rings. The smallest absolute Gasteiger partial charge is 0.272 e. The van der Waals surface area contributed by atoms with Crippen molar-refractivity contribution in [3.63, 3.8) is 0 Å². The second kappa shape index (κ2) is 4.31. The summed E-state index contributed by atoms with van der Waals surface area (Å²) in [6, 6.07) is 0. The van der Waals surface area contributed by atoms with E-state index in [2.05, 4.69) is 0 Å². The highest BCUT2D eigenvalue weighted by Crippen LogP contribution is 2.13. The summed E-state index contributed by atoms with van der Waals surface area (Å²) < 4.78 is 34.5. The maximum Gasteiger partial charge on any atom is 0.472 e. The van der Waals surface area contributed by atoms with Gasteiger partial charge in [-0.05, 0) is 6.92 Å². The standard InChI is InChI=1S/C5H6ClF3N2O2/c1-2(6)3(12)10-11-4(13)5(7,8)9/h2H,1H3,(H,10,12)(H,11,13). The van der Waals surface area contributed by atoms with Gasteiger partial charge in [-0.3, -0.25) is 20.4 Å². The topological polar surface area (TPSA) is 58.2 Å². The van der Waals surface area contributed by atoms with Crippen LogP contribution in [0.3, 0.4) is 0 Å². The Kier molecular flexibility index (Phi) is 3.99. The zero-order chi connectivity index (χ0) is 10.6. The first-order chi connectivity index (χ1) is 5.75. The van der Waals surface area contributed by atoms with E-state index in [1.165, 1.54) is 12.3 Å². The third-order valence-corrected chi connectivity index (χ3v) is 1.12. The van der Waals surface area contributed by atoms with Crippen molar-refractivity contribution in [2.45, 2.75) is 18.5 Å². The van der Waals surface area contributed by atoms with Gasteiger partial charge in [0.25, 0.3) is 5.91 Å². The minimum Gasteiger partial charge on any atom is -0.272 e. The fourth-order valence-corrected chi connectivity index (χ4v) is 0.343. The average molecular weight is 219 g/mol. The van der Waals surface area contributed by atoms with Gasteiger partial charge in [-0.2, -0.15) is 13.2 Å². The minimum atomic E-state index is -5.02. The van der Waals surface area contributed by atoms with Crippen molar-refractivity contribution in [3.05, 3.63) is 0 Å². The van der Waals surface area contributed by atoms with Crippen molar-refractivity contribution >= 4 is 23.4 Å². The van der Waals surface area contributed by atoms with Gasteiger partial charge < -0.3 is 0 Å². The Morgan fingerprint density at radius 3 is 2.08 bits per heavy atom. The molecule has 0 aromatic rings. The zero-order valence-corrected chi connectivity index (χ0v) is 7.16. The van der Waals surface area contributed by atoms with Crippen molar-refractivity contribution in [2.24, 2.45) is 0 Å². The molecule has 0 bridgehead atoms. The molecule has 8 heteroatoms. The molecule has 0 fully saturated rings. The van der Waals surface area contributed by atoms with Crippen LogP contribution in [0.15, 0.2) is 0 Å². The van der Waals surface area contributed by atoms with E-state index in [-0.39, 0.29) is 0 Å². The molecule has 0 radical (unpaired) electrons. The Morgan fingerprint density at radius 2 is 1.77 bits per heavy atom. The molecular weight excluding hydrogens is 213 g/mol. The molecule has 2 amide bonds. The number of rotatable bonds is 1. The van der Waals surface area contributed by atoms with Crippen LogP contribution in [0.2, 0.25) is 0 Å². The Morgan fingerprint density at radius 1 is 1.31 bits per heavy atom. The molecule has 13 heavy (non-hydrogen) atoms. The van der Waals surface area contributed by atoms with Gasteiger partial charge in [0.05, 0.1) is 0 Å². The summed E-state index contributed by atoms with van der Waals surface area (Å²) in [4.78, 5) is 20.6. The summed E-state index contributed by atoms with van der Waals surface area (Å²) in [5.74, 6) is -3.17. The fourth-order valence-electron chi connectivity index (χ4n) is 0.289. The van der Waals surface area contributed by atoms with Crippen molar-refractivity contribution in [2.75, 3.05) is 0 Å². The largest absolute Gasteiger partial charge is 0.472 e. The average Bonchev–Trinajstić information content (AvgIpc) is 1.97. The molecular formula is C5H6ClF3N2O2. The number of hydrogen-bond donors (Lipinski definition) is 2. The minimum absolute atomic E-state index is 0.917. The Bertz CT molecular complexity index is 216. The van der Waals surface area contributed by atoms with Crippen LogP contribution in [0.25, 0.3) is 0 Å². The Balaban J connectivity index is 3.92. The van der Waals surface area contributed by atoms with Crippen molar-refractivity contribution < 1.29 is 22.8 Å². The van der Waals surface area contributed by atoms with Crippen molar-refractivity contribution in [1.29, 1.82) is 0 Å². The Labute approximate surface area is 76.4 Å². The molecule has 0 saturated carbocycles. The van der Waals surface area contributed by atoms with E-state index in [1.807, 2.05) is 0 Å². The van der Waals surface area contributed by atoms with Crippen molar-refractivity contribution in [3.8, 4) is 0 Å². The summed E-state index contributed by atoms with van der Waals surface area (Å²) in [6.45, 7) is 1.25. The molecule has 76 valence electrons. The third-order valence-electron chi connectivity index (χ3n) is 0.918. The molecule has 0 spiro atoms. The normalized spacial score (nSPS) is 13.3. The van der Waals surface area contributed by atoms with Crippen LogP contribution in [0.5, 0.6) is 0 Å². The number of halogens is 4. The SMILES string of the molecule is CC(Cl)C(=O)NNC(=O)C(F)(F)F. The molecule has 0 aromatic carbocycles. The second-order valence-electron chi connectivity index (χ2n) is 2.06. The molecule has 4 nitrogen and oxygen atoms in total. The van der Waals surface area contributed by atoms with Crippen LogP contribution in [-0.2, 0) is 9.59 Å². The number of nitrogens with one attached hydrogen (secondary N) is 2. The number of hydrazine groups is 1. The molecule has 0 aliphatic heterocycles. The van der Waals surface area contributed by atoms with Crippen LogP contribution < -0.4 is 10.9 Å². The fraction of sp³-hybridized carbons (Fsp3) is 0.600. The Hall–Kier alpha value is -0.980. The van der Waals surface area contributed by atoms with Gasteiger partial charge in [-0.1, -0.05) is 0 Å². The number of alkyl halides is 4. The second-order valence-corrected chi connectivity index (χ2v) is 2.71. The van der Waals surface area contributed by atoms with Crippen LogP contribution in [0, 0.1) is 0 Å². The molecule has 0 saturated heterocycles. The third kappa shape index (κ3) is 4.56. The van der Waals surface area contributed by atoms with Gasteiger partial charge in [0.15, 0.2) is 0 Å². The summed E-state index contributed by atoms with van der Waals surface area (Å²) in [5, 5.41) is -1.02. The molecule has 0 rings (SSSR count). The summed E-state index contributed by atoms with van der Waals surface area (Å²) in [7, 11) is 0. The lowest BCUT2D eigenvalue weighted by Gasteiger charge is -2.09. The van der Waals surface area contributed by atoms with Crippen LogP contribution in [-0.4, -0.2) is 23.4 Å². The lowest BCUT2D eigenvalue weighted by molar-refractivity contribution is -0.175. The van der Waals surface area contributed by atoms with E-state index in [9.17, 15) is 22.8 Å². The molecule has 2 N–H and O–H groups in total. The number of hydrogen-bond acceptors (Lipinski definition) is 2. The highest BCUT2D eigenvalue weighted by Gasteiger charge is 2.39. The summed E-state index contributed by atoms with van der Waals surface area (Å²) in [5.41, 5.74) is 2.65. The van der Waals surface area contributed by atoms with E-state index in [4.69, 9.17) is 11.6 Å². The van der Waals surface area contributed by atoms with Crippen molar-refractivity contribution in [1.82, 2.24) is 10.9 Å². The maximum atomic E-state index is 11.5. The lowest BCUT2D eigenvalue weighted by Crippen LogP contribution is -2.49. The summed E-state index contributed by atoms with van der Waals surface area (Å²) >= 11 is 5.18. The van der Waals surface area contributed by atoms with Gasteiger partial charge in [0.1, 0.15) is 5.38 Å². The highest BCUT2D eigenvalue weighted by molar-refractivity contribution is 6.30. The molecule has 0 aliphatic carbocycles. The first kappa shape index (κ1) is 12.0. The van der Waals surface area contributed by atoms with Gasteiger partial charge >= 0.3 is 12.1 Å². The van der Waals surface area contributed by atoms with Gasteiger partial charge in [0, 0.05) is 0 Å². The van der Waals surface area contributed by atoms with E-state index in [0.29, 0.717) is 0 Å². The molecule has 0 heterocycles. The molecule has 1 unspecified atom stereocenters. The molecule has 1 atom stereocenters. The molecule has 0 aromatic heterocycles. The highest BCUT2D eigenvalue weighted by atomic mass is 35.5. The predicted octanol–water partition coefficient (Wildman–Crippen LogP) is 0.323. The number of carbonyl (C=O) groups is 2. The van der Waals surface area contributed by atoms with Crippen LogP contribution >= 0.6 is 11.6 Å². The monoisotopic (exact) mass is 218 g/mol. The van der Waals surface area contributed by atoms with Gasteiger partial charge in [-0.25, -0.2) is 0 Å². The first-order valence-electron chi connectivity index (χ1n) is 3.06. The van der Waals surface area contributed by atoms with E-state index in [1.54, 1.807) is 0 Å². The summed E-state index contributed by atoms with van der Waals surface area (Å²) in [6.07, 6.45) is -5.02. The van der Waals surface area contributed by atoms with E-state index < -0.39 is 23.4 Å².